The SMILES string of the molecule is COc1ccc(OC)c(-c2ccc3c(c2)C(=N)NC3=N)c1. The maximum Gasteiger partial charge on any atom is 0.131 e. The molecular formula is C16H15N3O2. The largest absolute Gasteiger partial charge is 0.497 e. The lowest BCUT2D eigenvalue weighted by Crippen LogP contribution is -2.20. The van der Waals surface area contributed by atoms with Crippen LogP contribution in [0, 0.1) is 10.8 Å². The quantitative estimate of drug-likeness (QED) is 0.809. The van der Waals surface area contributed by atoms with Crippen molar-refractivity contribution in [1.29, 1.82) is 10.8 Å². The number of benzene rings is 2. The summed E-state index contributed by atoms with van der Waals surface area (Å²) in [5.74, 6) is 1.99. The maximum absolute atomic E-state index is 7.89. The Balaban J connectivity index is 2.15. The second-order valence-electron chi connectivity index (χ2n) is 4.70. The maximum atomic E-state index is 7.89. The number of hydrogen-bond acceptors (Lipinski definition) is 4. The molecule has 5 heteroatoms. The number of rotatable bonds is 3. The summed E-state index contributed by atoms with van der Waals surface area (Å²) in [6.45, 7) is 0. The highest BCUT2D eigenvalue weighted by molar-refractivity contribution is 6.23. The molecule has 0 spiro atoms. The number of hydrogen-bond donors (Lipinski definition) is 3. The van der Waals surface area contributed by atoms with Crippen LogP contribution in [0.3, 0.4) is 0 Å². The van der Waals surface area contributed by atoms with Crippen molar-refractivity contribution in [3.8, 4) is 22.6 Å². The summed E-state index contributed by atoms with van der Waals surface area (Å²) in [7, 11) is 3.24. The third-order valence-corrected chi connectivity index (χ3v) is 3.53. The minimum Gasteiger partial charge on any atom is -0.497 e. The van der Waals surface area contributed by atoms with Gasteiger partial charge < -0.3 is 14.8 Å². The summed E-state index contributed by atoms with van der Waals surface area (Å²) in [6.07, 6.45) is 0. The van der Waals surface area contributed by atoms with E-state index in [0.29, 0.717) is 0 Å². The van der Waals surface area contributed by atoms with E-state index < -0.39 is 0 Å². The summed E-state index contributed by atoms with van der Waals surface area (Å²) < 4.78 is 10.7. The molecule has 0 saturated heterocycles. The highest BCUT2D eigenvalue weighted by atomic mass is 16.5. The van der Waals surface area contributed by atoms with Gasteiger partial charge in [-0.3, -0.25) is 10.8 Å². The van der Waals surface area contributed by atoms with Crippen LogP contribution in [0.1, 0.15) is 11.1 Å². The van der Waals surface area contributed by atoms with Gasteiger partial charge in [0.15, 0.2) is 0 Å². The van der Waals surface area contributed by atoms with Crippen LogP contribution in [-0.4, -0.2) is 25.9 Å². The molecule has 2 aromatic rings. The van der Waals surface area contributed by atoms with Crippen LogP contribution >= 0.6 is 0 Å². The minimum atomic E-state index is 0.249. The normalized spacial score (nSPS) is 12.9. The number of fused-ring (bicyclic) bond motifs is 1. The molecule has 1 aliphatic rings. The van der Waals surface area contributed by atoms with Gasteiger partial charge in [-0.2, -0.15) is 0 Å². The van der Waals surface area contributed by atoms with E-state index in [9.17, 15) is 0 Å². The molecule has 106 valence electrons. The molecule has 21 heavy (non-hydrogen) atoms. The summed E-state index contributed by atoms with van der Waals surface area (Å²) in [5.41, 5.74) is 3.28. The number of methoxy groups -OCH3 is 2. The standard InChI is InChI=1S/C16H15N3O2/c1-20-10-4-6-14(21-2)12(8-10)9-3-5-11-13(7-9)16(18)19-15(11)17/h3-8H,1-2H3,(H3,17,18,19). The Kier molecular flexibility index (Phi) is 3.10. The van der Waals surface area contributed by atoms with Gasteiger partial charge in [-0.15, -0.1) is 0 Å². The molecule has 0 fully saturated rings. The highest BCUT2D eigenvalue weighted by Crippen LogP contribution is 2.34. The van der Waals surface area contributed by atoms with E-state index in [-0.39, 0.29) is 11.7 Å². The van der Waals surface area contributed by atoms with Gasteiger partial charge in [0.1, 0.15) is 23.2 Å². The Hall–Kier alpha value is -2.82. The van der Waals surface area contributed by atoms with Crippen LogP contribution < -0.4 is 14.8 Å². The zero-order valence-corrected chi connectivity index (χ0v) is 11.8. The van der Waals surface area contributed by atoms with Crippen molar-refractivity contribution in [1.82, 2.24) is 5.32 Å². The monoisotopic (exact) mass is 281 g/mol. The lowest BCUT2D eigenvalue weighted by molar-refractivity contribution is 0.404. The van der Waals surface area contributed by atoms with E-state index in [4.69, 9.17) is 20.3 Å². The molecule has 3 rings (SSSR count). The Morgan fingerprint density at radius 3 is 2.29 bits per heavy atom. The van der Waals surface area contributed by atoms with Gasteiger partial charge in [0, 0.05) is 16.7 Å². The fourth-order valence-electron chi connectivity index (χ4n) is 2.44. The first-order valence-corrected chi connectivity index (χ1v) is 6.45. The van der Waals surface area contributed by atoms with Gasteiger partial charge in [-0.25, -0.2) is 0 Å². The van der Waals surface area contributed by atoms with Crippen LogP contribution in [0.4, 0.5) is 0 Å². The average molecular weight is 281 g/mol. The Morgan fingerprint density at radius 2 is 1.57 bits per heavy atom. The Labute approximate surface area is 122 Å². The van der Waals surface area contributed by atoms with Crippen molar-refractivity contribution in [2.24, 2.45) is 0 Å². The van der Waals surface area contributed by atoms with E-state index in [1.54, 1.807) is 14.2 Å². The zero-order chi connectivity index (χ0) is 15.0. The fourth-order valence-corrected chi connectivity index (χ4v) is 2.44. The second-order valence-corrected chi connectivity index (χ2v) is 4.70. The zero-order valence-electron chi connectivity index (χ0n) is 11.8. The molecular weight excluding hydrogens is 266 g/mol. The Bertz CT molecular complexity index is 753. The molecule has 0 bridgehead atoms. The van der Waals surface area contributed by atoms with E-state index >= 15 is 0 Å². The van der Waals surface area contributed by atoms with Crippen LogP contribution in [0.5, 0.6) is 11.5 Å². The highest BCUT2D eigenvalue weighted by Gasteiger charge is 2.21. The molecule has 0 aliphatic carbocycles. The van der Waals surface area contributed by atoms with Gasteiger partial charge in [0.25, 0.3) is 0 Å². The molecule has 0 saturated carbocycles. The lowest BCUT2D eigenvalue weighted by atomic mass is 9.99. The molecule has 1 heterocycles. The van der Waals surface area contributed by atoms with Gasteiger partial charge in [0.2, 0.25) is 0 Å². The Morgan fingerprint density at radius 1 is 0.810 bits per heavy atom. The summed E-state index contributed by atoms with van der Waals surface area (Å²) >= 11 is 0. The predicted octanol–water partition coefficient (Wildman–Crippen LogP) is 2.62. The topological polar surface area (TPSA) is 78.2 Å². The summed E-state index contributed by atoms with van der Waals surface area (Å²) in [5, 5.41) is 18.4. The molecule has 5 nitrogen and oxygen atoms in total. The molecule has 1 aliphatic heterocycles. The average Bonchev–Trinajstić information content (AvgIpc) is 2.81. The summed E-state index contributed by atoms with van der Waals surface area (Å²) in [4.78, 5) is 0. The molecule has 0 atom stereocenters. The lowest BCUT2D eigenvalue weighted by Gasteiger charge is -2.11. The minimum absolute atomic E-state index is 0.249. The number of nitrogens with one attached hydrogen (secondary N) is 3. The van der Waals surface area contributed by atoms with Crippen molar-refractivity contribution in [2.75, 3.05) is 14.2 Å². The van der Waals surface area contributed by atoms with Crippen molar-refractivity contribution in [2.45, 2.75) is 0 Å². The second kappa shape index (κ2) is 4.94. The van der Waals surface area contributed by atoms with Gasteiger partial charge in [-0.05, 0) is 35.9 Å². The van der Waals surface area contributed by atoms with Crippen molar-refractivity contribution in [3.63, 3.8) is 0 Å². The van der Waals surface area contributed by atoms with Crippen LogP contribution in [-0.2, 0) is 0 Å². The molecule has 0 amide bonds. The molecule has 0 radical (unpaired) electrons. The first-order valence-electron chi connectivity index (χ1n) is 6.45. The predicted molar refractivity (Wildman–Crippen MR) is 81.8 cm³/mol. The van der Waals surface area contributed by atoms with Gasteiger partial charge in [0.05, 0.1) is 14.2 Å². The van der Waals surface area contributed by atoms with Crippen molar-refractivity contribution >= 4 is 11.7 Å². The van der Waals surface area contributed by atoms with E-state index in [1.165, 1.54) is 0 Å². The summed E-state index contributed by atoms with van der Waals surface area (Å²) in [6, 6.07) is 11.3. The van der Waals surface area contributed by atoms with Crippen LogP contribution in [0.2, 0.25) is 0 Å². The van der Waals surface area contributed by atoms with E-state index in [0.717, 1.165) is 33.8 Å². The fraction of sp³-hybridized carbons (Fsp3) is 0.125. The third kappa shape index (κ3) is 2.12. The number of amidine groups is 2. The smallest absolute Gasteiger partial charge is 0.131 e. The first-order chi connectivity index (χ1) is 10.1. The van der Waals surface area contributed by atoms with Crippen molar-refractivity contribution in [3.05, 3.63) is 47.5 Å². The number of ether oxygens (including phenoxy) is 2. The van der Waals surface area contributed by atoms with E-state index in [1.807, 2.05) is 36.4 Å². The molecule has 0 aromatic heterocycles. The van der Waals surface area contributed by atoms with Gasteiger partial charge >= 0.3 is 0 Å². The van der Waals surface area contributed by atoms with Crippen LogP contribution in [0.15, 0.2) is 36.4 Å². The third-order valence-electron chi connectivity index (χ3n) is 3.53. The van der Waals surface area contributed by atoms with Crippen LogP contribution in [0.25, 0.3) is 11.1 Å². The van der Waals surface area contributed by atoms with E-state index in [2.05, 4.69) is 5.32 Å². The van der Waals surface area contributed by atoms with Crippen molar-refractivity contribution < 1.29 is 9.47 Å². The first kappa shape index (κ1) is 13.2. The molecule has 2 aromatic carbocycles. The van der Waals surface area contributed by atoms with Gasteiger partial charge in [-0.1, -0.05) is 6.07 Å². The molecule has 3 N–H and O–H groups in total. The molecule has 0 unspecified atom stereocenters.